The first-order chi connectivity index (χ1) is 7.24. The van der Waals surface area contributed by atoms with Crippen LogP contribution in [0.25, 0.3) is 0 Å². The molecule has 1 amide bonds. The van der Waals surface area contributed by atoms with Crippen LogP contribution in [-0.2, 0) is 4.79 Å². The minimum Gasteiger partial charge on any atom is -0.319 e. The lowest BCUT2D eigenvalue weighted by molar-refractivity contribution is -0.127. The van der Waals surface area contributed by atoms with Gasteiger partial charge in [0.1, 0.15) is 0 Å². The second-order valence-electron chi connectivity index (χ2n) is 3.79. The Morgan fingerprint density at radius 2 is 2.06 bits per heavy atom. The number of nitrogens with zero attached hydrogens (tertiary/aromatic N) is 1. The fourth-order valence-corrected chi connectivity index (χ4v) is 2.21. The number of halogens is 1. The van der Waals surface area contributed by atoms with Gasteiger partial charge in [0, 0.05) is 18.8 Å². The summed E-state index contributed by atoms with van der Waals surface area (Å²) in [5, 5.41) is 1.99. The summed E-state index contributed by atoms with van der Waals surface area (Å²) in [5.74, 6) is 1.67. The van der Waals surface area contributed by atoms with Gasteiger partial charge >= 0.3 is 0 Å². The van der Waals surface area contributed by atoms with Gasteiger partial charge in [0.25, 0.3) is 5.91 Å². The SMILES string of the molecule is CCSC[C@H](N)C(=O)NN1CCCCC1.Cl. The average Bonchev–Trinajstić information content (AvgIpc) is 2.27. The maximum absolute atomic E-state index is 11.6. The smallest absolute Gasteiger partial charge is 0.252 e. The van der Waals surface area contributed by atoms with Crippen molar-refractivity contribution in [3.63, 3.8) is 0 Å². The molecule has 0 aliphatic carbocycles. The Kier molecular flexibility index (Phi) is 9.12. The van der Waals surface area contributed by atoms with Gasteiger partial charge in [-0.1, -0.05) is 13.3 Å². The zero-order valence-corrected chi connectivity index (χ0v) is 11.4. The van der Waals surface area contributed by atoms with Crippen LogP contribution in [0.3, 0.4) is 0 Å². The maximum atomic E-state index is 11.6. The number of rotatable bonds is 5. The highest BCUT2D eigenvalue weighted by Gasteiger charge is 2.17. The van der Waals surface area contributed by atoms with Crippen molar-refractivity contribution in [2.24, 2.45) is 5.73 Å². The summed E-state index contributed by atoms with van der Waals surface area (Å²) in [5.41, 5.74) is 8.64. The van der Waals surface area contributed by atoms with E-state index in [2.05, 4.69) is 12.3 Å². The Hall–Kier alpha value is 0.0300. The summed E-state index contributed by atoms with van der Waals surface area (Å²) in [6, 6.07) is -0.378. The lowest BCUT2D eigenvalue weighted by Gasteiger charge is -2.27. The number of carbonyl (C=O) groups is 1. The number of amides is 1. The molecule has 1 heterocycles. The van der Waals surface area contributed by atoms with Crippen molar-refractivity contribution in [3.8, 4) is 0 Å². The van der Waals surface area contributed by atoms with Crippen molar-refractivity contribution >= 4 is 30.1 Å². The Labute approximate surface area is 108 Å². The number of hydrazine groups is 1. The molecule has 96 valence electrons. The molecule has 3 N–H and O–H groups in total. The normalized spacial score (nSPS) is 18.6. The molecular formula is C10H22ClN3OS. The lowest BCUT2D eigenvalue weighted by atomic mass is 10.2. The highest BCUT2D eigenvalue weighted by atomic mass is 35.5. The monoisotopic (exact) mass is 267 g/mol. The van der Waals surface area contributed by atoms with E-state index in [9.17, 15) is 4.79 Å². The van der Waals surface area contributed by atoms with E-state index in [1.54, 1.807) is 11.8 Å². The van der Waals surface area contributed by atoms with E-state index < -0.39 is 0 Å². The highest BCUT2D eigenvalue weighted by Crippen LogP contribution is 2.06. The molecule has 0 unspecified atom stereocenters. The van der Waals surface area contributed by atoms with Gasteiger partial charge in [0.05, 0.1) is 6.04 Å². The molecule has 1 saturated heterocycles. The lowest BCUT2D eigenvalue weighted by Crippen LogP contribution is -2.51. The molecule has 0 radical (unpaired) electrons. The zero-order chi connectivity index (χ0) is 11.1. The summed E-state index contributed by atoms with van der Waals surface area (Å²) in [4.78, 5) is 11.6. The van der Waals surface area contributed by atoms with Gasteiger partial charge < -0.3 is 5.73 Å². The third-order valence-corrected chi connectivity index (χ3v) is 3.47. The third kappa shape index (κ3) is 5.94. The second-order valence-corrected chi connectivity index (χ2v) is 5.11. The predicted molar refractivity (Wildman–Crippen MR) is 71.8 cm³/mol. The summed E-state index contributed by atoms with van der Waals surface area (Å²) in [7, 11) is 0. The van der Waals surface area contributed by atoms with Crippen LogP contribution in [0, 0.1) is 0 Å². The molecule has 4 nitrogen and oxygen atoms in total. The van der Waals surface area contributed by atoms with Crippen molar-refractivity contribution in [1.82, 2.24) is 10.4 Å². The summed E-state index contributed by atoms with van der Waals surface area (Å²) < 4.78 is 0. The standard InChI is InChI=1S/C10H21N3OS.ClH/c1-2-15-8-9(11)10(14)12-13-6-4-3-5-7-13;/h9H,2-8,11H2,1H3,(H,12,14);1H/t9-;/m0./s1. The highest BCUT2D eigenvalue weighted by molar-refractivity contribution is 7.99. The molecule has 1 aliphatic heterocycles. The quantitative estimate of drug-likeness (QED) is 0.781. The molecule has 0 saturated carbocycles. The predicted octanol–water partition coefficient (Wildman–Crippen LogP) is 1.01. The Morgan fingerprint density at radius 3 is 2.62 bits per heavy atom. The van der Waals surface area contributed by atoms with E-state index in [1.165, 1.54) is 19.3 Å². The first kappa shape index (κ1) is 16.0. The number of nitrogens with two attached hydrogens (primary N) is 1. The Morgan fingerprint density at radius 1 is 1.44 bits per heavy atom. The van der Waals surface area contributed by atoms with Crippen LogP contribution in [0.15, 0.2) is 0 Å². The number of piperidine rings is 1. The molecule has 1 aliphatic rings. The van der Waals surface area contributed by atoms with E-state index in [0.717, 1.165) is 18.8 Å². The van der Waals surface area contributed by atoms with Crippen LogP contribution >= 0.6 is 24.2 Å². The van der Waals surface area contributed by atoms with Gasteiger partial charge in [0.15, 0.2) is 0 Å². The van der Waals surface area contributed by atoms with Crippen LogP contribution < -0.4 is 11.2 Å². The zero-order valence-electron chi connectivity index (χ0n) is 9.78. The van der Waals surface area contributed by atoms with E-state index in [1.807, 2.05) is 5.01 Å². The Balaban J connectivity index is 0.00000225. The third-order valence-electron chi connectivity index (χ3n) is 2.46. The minimum atomic E-state index is -0.378. The molecular weight excluding hydrogens is 246 g/mol. The molecule has 0 aromatic heterocycles. The fourth-order valence-electron chi connectivity index (χ4n) is 1.56. The summed E-state index contributed by atoms with van der Waals surface area (Å²) in [6.45, 7) is 3.98. The minimum absolute atomic E-state index is 0. The van der Waals surface area contributed by atoms with E-state index in [-0.39, 0.29) is 24.4 Å². The van der Waals surface area contributed by atoms with Gasteiger partial charge in [-0.2, -0.15) is 11.8 Å². The van der Waals surface area contributed by atoms with Crippen molar-refractivity contribution in [2.45, 2.75) is 32.2 Å². The molecule has 0 aromatic rings. The van der Waals surface area contributed by atoms with Crippen LogP contribution in [0.2, 0.25) is 0 Å². The van der Waals surface area contributed by atoms with Gasteiger partial charge in [0.2, 0.25) is 0 Å². The van der Waals surface area contributed by atoms with Crippen molar-refractivity contribution < 1.29 is 4.79 Å². The van der Waals surface area contributed by atoms with Crippen molar-refractivity contribution in [2.75, 3.05) is 24.6 Å². The van der Waals surface area contributed by atoms with Crippen LogP contribution in [0.4, 0.5) is 0 Å². The summed E-state index contributed by atoms with van der Waals surface area (Å²) in [6.07, 6.45) is 3.60. The van der Waals surface area contributed by atoms with Crippen LogP contribution in [-0.4, -0.2) is 41.6 Å². The van der Waals surface area contributed by atoms with E-state index >= 15 is 0 Å². The first-order valence-electron chi connectivity index (χ1n) is 5.62. The largest absolute Gasteiger partial charge is 0.319 e. The fraction of sp³-hybridized carbons (Fsp3) is 0.900. The molecule has 0 bridgehead atoms. The number of thioether (sulfide) groups is 1. The molecule has 6 heteroatoms. The van der Waals surface area contributed by atoms with Crippen LogP contribution in [0.1, 0.15) is 26.2 Å². The van der Waals surface area contributed by atoms with Crippen molar-refractivity contribution in [1.29, 1.82) is 0 Å². The maximum Gasteiger partial charge on any atom is 0.252 e. The molecule has 1 fully saturated rings. The van der Waals surface area contributed by atoms with Gasteiger partial charge in [-0.15, -0.1) is 12.4 Å². The van der Waals surface area contributed by atoms with Gasteiger partial charge in [-0.25, -0.2) is 5.01 Å². The number of hydrogen-bond acceptors (Lipinski definition) is 4. The average molecular weight is 268 g/mol. The summed E-state index contributed by atoms with van der Waals surface area (Å²) >= 11 is 1.70. The van der Waals surface area contributed by atoms with Gasteiger partial charge in [-0.05, 0) is 18.6 Å². The van der Waals surface area contributed by atoms with Crippen molar-refractivity contribution in [3.05, 3.63) is 0 Å². The molecule has 0 aromatic carbocycles. The first-order valence-corrected chi connectivity index (χ1v) is 6.78. The number of hydrogen-bond donors (Lipinski definition) is 2. The Bertz CT molecular complexity index is 201. The molecule has 1 rings (SSSR count). The molecule has 16 heavy (non-hydrogen) atoms. The van der Waals surface area contributed by atoms with E-state index in [4.69, 9.17) is 5.73 Å². The molecule has 1 atom stereocenters. The topological polar surface area (TPSA) is 58.4 Å². The molecule has 0 spiro atoms. The number of nitrogens with one attached hydrogen (secondary N) is 1. The van der Waals surface area contributed by atoms with E-state index in [0.29, 0.717) is 5.75 Å². The van der Waals surface area contributed by atoms with Gasteiger partial charge in [-0.3, -0.25) is 10.2 Å². The second kappa shape index (κ2) is 9.10. The van der Waals surface area contributed by atoms with Crippen LogP contribution in [0.5, 0.6) is 0 Å². The number of carbonyl (C=O) groups excluding carboxylic acids is 1.